The van der Waals surface area contributed by atoms with Gasteiger partial charge in [-0.15, -0.1) is 0 Å². The smallest absolute Gasteiger partial charge is 0.489 e. The number of carbonyl (C=O) groups is 1. The van der Waals surface area contributed by atoms with E-state index in [1.54, 1.807) is 6.92 Å². The molecule has 1 fully saturated rings. The van der Waals surface area contributed by atoms with Crippen molar-refractivity contribution in [2.45, 2.75) is 25.7 Å². The number of nitrogens with zero attached hydrogens (tertiary/aromatic N) is 1. The molecule has 25 heavy (non-hydrogen) atoms. The summed E-state index contributed by atoms with van der Waals surface area (Å²) in [5, 5.41) is 14.1. The van der Waals surface area contributed by atoms with Crippen LogP contribution < -0.4 is 20.2 Å². The quantitative estimate of drug-likeness (QED) is 0.459. The SMILES string of the molecule is Cc1c(OCCSN)c(F)cn2c(=O)c(OC(=O)O)cc(C3CC3)c12. The average molecular weight is 368 g/mol. The maximum atomic E-state index is 14.5. The lowest BCUT2D eigenvalue weighted by molar-refractivity contribution is 0.143. The Morgan fingerprint density at radius 1 is 1.52 bits per heavy atom. The summed E-state index contributed by atoms with van der Waals surface area (Å²) < 4.78 is 25.6. The number of rotatable bonds is 6. The van der Waals surface area contributed by atoms with E-state index in [1.807, 2.05) is 0 Å². The zero-order valence-electron chi connectivity index (χ0n) is 13.5. The Bertz CT molecular complexity index is 894. The highest BCUT2D eigenvalue weighted by molar-refractivity contribution is 7.97. The largest absolute Gasteiger partial charge is 0.511 e. The second-order valence-corrected chi connectivity index (χ2v) is 6.52. The third-order valence-electron chi connectivity index (χ3n) is 4.05. The summed E-state index contributed by atoms with van der Waals surface area (Å²) in [6.07, 6.45) is 1.25. The van der Waals surface area contributed by atoms with Gasteiger partial charge in [0.2, 0.25) is 0 Å². The first kappa shape index (κ1) is 17.6. The average Bonchev–Trinajstić information content (AvgIpc) is 3.38. The van der Waals surface area contributed by atoms with E-state index >= 15 is 0 Å². The zero-order chi connectivity index (χ0) is 18.1. The Morgan fingerprint density at radius 2 is 2.24 bits per heavy atom. The highest BCUT2D eigenvalue weighted by Crippen LogP contribution is 2.44. The number of aryl methyl sites for hydroxylation is 1. The lowest BCUT2D eigenvalue weighted by atomic mass is 10.1. The van der Waals surface area contributed by atoms with Gasteiger partial charge in [0.05, 0.1) is 18.3 Å². The second kappa shape index (κ2) is 6.93. The molecule has 0 aliphatic heterocycles. The first-order chi connectivity index (χ1) is 11.9. The highest BCUT2D eigenvalue weighted by atomic mass is 32.2. The van der Waals surface area contributed by atoms with Gasteiger partial charge in [0.15, 0.2) is 17.3 Å². The van der Waals surface area contributed by atoms with Crippen molar-refractivity contribution >= 4 is 23.6 Å². The molecule has 9 heteroatoms. The maximum absolute atomic E-state index is 14.5. The summed E-state index contributed by atoms with van der Waals surface area (Å²) in [5.74, 6) is -0.287. The van der Waals surface area contributed by atoms with E-state index in [1.165, 1.54) is 6.07 Å². The molecule has 1 aliphatic rings. The van der Waals surface area contributed by atoms with Crippen LogP contribution in [0.3, 0.4) is 0 Å². The lowest BCUT2D eigenvalue weighted by Gasteiger charge is -2.16. The minimum Gasteiger partial charge on any atom is -0.489 e. The van der Waals surface area contributed by atoms with Gasteiger partial charge in [0.1, 0.15) is 0 Å². The number of pyridine rings is 2. The summed E-state index contributed by atoms with van der Waals surface area (Å²) in [6, 6.07) is 1.44. The number of ether oxygens (including phenoxy) is 2. The van der Waals surface area contributed by atoms with Gasteiger partial charge in [-0.05, 0) is 37.3 Å². The van der Waals surface area contributed by atoms with Gasteiger partial charge in [0, 0.05) is 11.3 Å². The number of carboxylic acid groups (broad SMARTS) is 1. The molecule has 0 saturated heterocycles. The van der Waals surface area contributed by atoms with E-state index in [0.717, 1.165) is 41.0 Å². The van der Waals surface area contributed by atoms with E-state index in [-0.39, 0.29) is 24.0 Å². The molecule has 1 aliphatic carbocycles. The molecule has 3 rings (SSSR count). The van der Waals surface area contributed by atoms with Crippen LogP contribution in [0.1, 0.15) is 29.9 Å². The van der Waals surface area contributed by atoms with Crippen LogP contribution >= 0.6 is 11.9 Å². The van der Waals surface area contributed by atoms with Gasteiger partial charge in [-0.25, -0.2) is 9.18 Å². The van der Waals surface area contributed by atoms with Crippen LogP contribution in [0.25, 0.3) is 5.52 Å². The minimum atomic E-state index is -1.59. The number of aromatic nitrogens is 1. The van der Waals surface area contributed by atoms with Crippen LogP contribution in [0.2, 0.25) is 0 Å². The molecule has 0 atom stereocenters. The summed E-state index contributed by atoms with van der Waals surface area (Å²) in [6.45, 7) is 1.91. The molecule has 0 spiro atoms. The van der Waals surface area contributed by atoms with Crippen molar-refractivity contribution < 1.29 is 23.8 Å². The van der Waals surface area contributed by atoms with Crippen LogP contribution in [-0.2, 0) is 0 Å². The number of fused-ring (bicyclic) bond motifs is 1. The predicted molar refractivity (Wildman–Crippen MR) is 91.1 cm³/mol. The number of hydrogen-bond acceptors (Lipinski definition) is 6. The van der Waals surface area contributed by atoms with Crippen molar-refractivity contribution in [3.63, 3.8) is 0 Å². The van der Waals surface area contributed by atoms with Crippen molar-refractivity contribution in [1.29, 1.82) is 0 Å². The molecule has 0 unspecified atom stereocenters. The topological polar surface area (TPSA) is 103 Å². The molecule has 1 saturated carbocycles. The summed E-state index contributed by atoms with van der Waals surface area (Å²) in [4.78, 5) is 23.3. The standard InChI is InChI=1S/C16H17FN2O5S/c1-8-13-10(9-2-3-9)6-12(24-16(21)22)15(20)19(13)7-11(17)14(8)23-4-5-25-18/h6-7,9H,2-5,18H2,1H3,(H,21,22). The lowest BCUT2D eigenvalue weighted by Crippen LogP contribution is -2.21. The fourth-order valence-corrected chi connectivity index (χ4v) is 3.03. The Labute approximate surface area is 146 Å². The van der Waals surface area contributed by atoms with E-state index in [2.05, 4.69) is 4.74 Å². The van der Waals surface area contributed by atoms with Gasteiger partial charge in [-0.1, -0.05) is 11.9 Å². The van der Waals surface area contributed by atoms with Crippen LogP contribution in [0.4, 0.5) is 9.18 Å². The van der Waals surface area contributed by atoms with Crippen molar-refractivity contribution in [1.82, 2.24) is 4.40 Å². The van der Waals surface area contributed by atoms with E-state index in [4.69, 9.17) is 15.0 Å². The fourth-order valence-electron chi connectivity index (χ4n) is 2.85. The van der Waals surface area contributed by atoms with Crippen LogP contribution in [-0.4, -0.2) is 28.0 Å². The maximum Gasteiger partial charge on any atom is 0.511 e. The molecule has 3 N–H and O–H groups in total. The van der Waals surface area contributed by atoms with Gasteiger partial charge in [0.25, 0.3) is 5.56 Å². The van der Waals surface area contributed by atoms with Crippen LogP contribution in [0.5, 0.6) is 11.5 Å². The summed E-state index contributed by atoms with van der Waals surface area (Å²) in [5.41, 5.74) is 1.05. The highest BCUT2D eigenvalue weighted by Gasteiger charge is 2.30. The molecule has 2 heterocycles. The predicted octanol–water partition coefficient (Wildman–Crippen LogP) is 2.67. The molecule has 2 aromatic rings. The van der Waals surface area contributed by atoms with Crippen molar-refractivity contribution in [3.05, 3.63) is 39.6 Å². The number of nitrogens with two attached hydrogens (primary N) is 1. The first-order valence-corrected chi connectivity index (χ1v) is 8.72. The van der Waals surface area contributed by atoms with Crippen molar-refractivity contribution in [2.24, 2.45) is 5.14 Å². The monoisotopic (exact) mass is 368 g/mol. The minimum absolute atomic E-state index is 0.0715. The normalized spacial score (nSPS) is 13.9. The zero-order valence-corrected chi connectivity index (χ0v) is 14.3. The number of halogens is 1. The van der Waals surface area contributed by atoms with Crippen LogP contribution in [0.15, 0.2) is 17.1 Å². The molecule has 0 bridgehead atoms. The van der Waals surface area contributed by atoms with Crippen LogP contribution in [0, 0.1) is 12.7 Å². The molecule has 0 radical (unpaired) electrons. The van der Waals surface area contributed by atoms with Crippen molar-refractivity contribution in [3.8, 4) is 11.5 Å². The molecule has 2 aromatic heterocycles. The Hall–Kier alpha value is -2.26. The Kier molecular flexibility index (Phi) is 4.87. The van der Waals surface area contributed by atoms with Crippen molar-refractivity contribution in [2.75, 3.05) is 12.4 Å². The molecular weight excluding hydrogens is 351 g/mol. The third kappa shape index (κ3) is 3.42. The van der Waals surface area contributed by atoms with Gasteiger partial charge in [-0.2, -0.15) is 0 Å². The molecule has 134 valence electrons. The molecular formula is C16H17FN2O5S. The number of hydrogen-bond donors (Lipinski definition) is 2. The van der Waals surface area contributed by atoms with E-state index < -0.39 is 17.5 Å². The fraction of sp³-hybridized carbons (Fsp3) is 0.375. The Morgan fingerprint density at radius 3 is 2.84 bits per heavy atom. The van der Waals surface area contributed by atoms with E-state index in [9.17, 15) is 14.0 Å². The molecule has 0 amide bonds. The first-order valence-electron chi connectivity index (χ1n) is 7.67. The Balaban J connectivity index is 2.21. The second-order valence-electron chi connectivity index (χ2n) is 5.78. The van der Waals surface area contributed by atoms with Gasteiger partial charge in [-0.3, -0.25) is 14.3 Å². The van der Waals surface area contributed by atoms with E-state index in [0.29, 0.717) is 16.8 Å². The van der Waals surface area contributed by atoms with Gasteiger partial charge >= 0.3 is 6.16 Å². The third-order valence-corrected chi connectivity index (χ3v) is 4.45. The summed E-state index contributed by atoms with van der Waals surface area (Å²) >= 11 is 1.09. The molecule has 0 aromatic carbocycles. The summed E-state index contributed by atoms with van der Waals surface area (Å²) in [7, 11) is 0. The molecule has 7 nitrogen and oxygen atoms in total. The van der Waals surface area contributed by atoms with Gasteiger partial charge < -0.3 is 14.6 Å².